The summed E-state index contributed by atoms with van der Waals surface area (Å²) in [5.74, 6) is 7.30. The van der Waals surface area contributed by atoms with E-state index < -0.39 is 0 Å². The van der Waals surface area contributed by atoms with Crippen molar-refractivity contribution in [3.63, 3.8) is 0 Å². The number of carbonyl (C=O) groups is 1. The number of anilines is 16. The predicted molar refractivity (Wildman–Crippen MR) is 499 cm³/mol. The number of morpholine rings is 4. The zero-order valence-corrected chi connectivity index (χ0v) is 72.9. The molecule has 13 heterocycles. The molecule has 5 saturated heterocycles. The number of amides is 1. The van der Waals surface area contributed by atoms with E-state index in [4.69, 9.17) is 43.6 Å². The Labute approximate surface area is 734 Å². The SMILES string of the molecule is C1=CC(CCNc2nc(Nc3ccc(N4CCOCC4)cc3)nc3nc[nH]c23)CCC1.CC(C)CCCC(C)Nc1nc(Nc2ccc(N3CCOCC3)cc2)nc2nc[nH]c12.CCOC(=O)N1CCC(Nc2nc(Nc3ccc(N4CCOCC4)cc3)nc3nc[nH]c23)CC1.c1nc2nc(Nc3ccc(N4CCOCC4)cc3)nc(NCC3CCCCC3)c2[nH]1. The highest BCUT2D eigenvalue weighted by Crippen LogP contribution is 2.33. The molecule has 126 heavy (non-hydrogen) atoms. The third kappa shape index (κ3) is 24.1. The summed E-state index contributed by atoms with van der Waals surface area (Å²) in [4.78, 5) is 90.2. The molecule has 0 radical (unpaired) electrons. The van der Waals surface area contributed by atoms with Gasteiger partial charge in [0, 0.05) is 136 Å². The molecule has 35 nitrogen and oxygen atoms in total. The minimum Gasteiger partial charge on any atom is -0.450 e. The first-order chi connectivity index (χ1) is 62.0. The van der Waals surface area contributed by atoms with Crippen LogP contribution in [0.15, 0.2) is 135 Å². The van der Waals surface area contributed by atoms with E-state index >= 15 is 0 Å². The first kappa shape index (κ1) is 87.0. The summed E-state index contributed by atoms with van der Waals surface area (Å²) in [7, 11) is 0. The Morgan fingerprint density at radius 2 is 0.833 bits per heavy atom. The van der Waals surface area contributed by atoms with Crippen molar-refractivity contribution in [2.45, 2.75) is 130 Å². The number of hydrogen-bond acceptors (Lipinski definition) is 30. The maximum absolute atomic E-state index is 12.0. The van der Waals surface area contributed by atoms with Gasteiger partial charge < -0.3 is 111 Å². The Hall–Kier alpha value is -12.5. The van der Waals surface area contributed by atoms with Gasteiger partial charge in [-0.1, -0.05) is 58.1 Å². The van der Waals surface area contributed by atoms with E-state index in [-0.39, 0.29) is 12.1 Å². The van der Waals surface area contributed by atoms with Gasteiger partial charge in [0.2, 0.25) is 23.8 Å². The molecule has 35 heteroatoms. The van der Waals surface area contributed by atoms with E-state index in [1.165, 1.54) is 87.0 Å². The topological polar surface area (TPSA) is 393 Å². The van der Waals surface area contributed by atoms with Gasteiger partial charge in [0.1, 0.15) is 22.1 Å². The number of nitrogens with zero attached hydrogens (tertiary/aromatic N) is 17. The highest BCUT2D eigenvalue weighted by atomic mass is 16.6. The molecule has 5 aliphatic heterocycles. The van der Waals surface area contributed by atoms with Gasteiger partial charge in [-0.2, -0.15) is 39.9 Å². The van der Waals surface area contributed by atoms with Crippen molar-refractivity contribution in [2.75, 3.05) is 200 Å². The van der Waals surface area contributed by atoms with Crippen LogP contribution < -0.4 is 62.1 Å². The van der Waals surface area contributed by atoms with Crippen LogP contribution in [-0.2, 0) is 23.7 Å². The van der Waals surface area contributed by atoms with Gasteiger partial charge in [-0.15, -0.1) is 0 Å². The summed E-state index contributed by atoms with van der Waals surface area (Å²) in [6, 6.07) is 33.9. The van der Waals surface area contributed by atoms with E-state index in [1.807, 2.05) is 19.1 Å². The molecular formula is C91H121N29O6. The second-order valence-corrected chi connectivity index (χ2v) is 33.3. The van der Waals surface area contributed by atoms with Crippen molar-refractivity contribution in [2.24, 2.45) is 17.8 Å². The summed E-state index contributed by atoms with van der Waals surface area (Å²) in [5, 5.41) is 27.4. The van der Waals surface area contributed by atoms with Crippen LogP contribution in [0, 0.1) is 17.8 Å². The number of likely N-dealkylation sites (tertiary alicyclic amines) is 1. The van der Waals surface area contributed by atoms with Crippen molar-refractivity contribution in [1.29, 1.82) is 0 Å². The van der Waals surface area contributed by atoms with Crippen molar-refractivity contribution >= 4 is 143 Å². The van der Waals surface area contributed by atoms with E-state index in [9.17, 15) is 4.79 Å². The Bertz CT molecular complexity index is 5380. The van der Waals surface area contributed by atoms with Gasteiger partial charge in [0.15, 0.2) is 45.9 Å². The second-order valence-electron chi connectivity index (χ2n) is 33.3. The first-order valence-corrected chi connectivity index (χ1v) is 45.2. The van der Waals surface area contributed by atoms with Crippen LogP contribution in [0.25, 0.3) is 44.7 Å². The van der Waals surface area contributed by atoms with Crippen LogP contribution in [0.5, 0.6) is 0 Å². The van der Waals surface area contributed by atoms with Crippen LogP contribution in [0.3, 0.4) is 0 Å². The lowest BCUT2D eigenvalue weighted by Crippen LogP contribution is -2.42. The Kier molecular flexibility index (Phi) is 30.3. The monoisotopic (exact) mass is 1720 g/mol. The predicted octanol–water partition coefficient (Wildman–Crippen LogP) is 15.5. The number of ether oxygens (including phenoxy) is 5. The van der Waals surface area contributed by atoms with Gasteiger partial charge in [-0.05, 0) is 186 Å². The third-order valence-electron chi connectivity index (χ3n) is 23.7. The molecule has 7 aliphatic rings. The molecule has 8 aromatic heterocycles. The van der Waals surface area contributed by atoms with E-state index in [0.717, 1.165) is 218 Å². The molecular weight excluding hydrogens is 1600 g/mol. The number of imidazole rings is 4. The number of rotatable bonds is 28. The normalized spacial score (nSPS) is 17.3. The first-order valence-electron chi connectivity index (χ1n) is 45.2. The summed E-state index contributed by atoms with van der Waals surface area (Å²) in [6.07, 6.45) is 27.7. The maximum atomic E-state index is 12.0. The number of aromatic nitrogens is 16. The molecule has 2 aliphatic carbocycles. The maximum Gasteiger partial charge on any atom is 0.409 e. The molecule has 0 bridgehead atoms. The van der Waals surface area contributed by atoms with Crippen molar-refractivity contribution in [3.05, 3.63) is 135 Å². The Balaban J connectivity index is 0.000000124. The molecule has 1 amide bonds. The molecule has 12 aromatic rings. The summed E-state index contributed by atoms with van der Waals surface area (Å²) >= 11 is 0. The number of benzene rings is 4. The lowest BCUT2D eigenvalue weighted by atomic mass is 9.89. The van der Waals surface area contributed by atoms with Gasteiger partial charge in [0.25, 0.3) is 0 Å². The fraction of sp³-hybridized carbons (Fsp3) is 0.484. The average Bonchev–Trinajstić information content (AvgIpc) is 1.61. The minimum atomic E-state index is -0.245. The third-order valence-corrected chi connectivity index (χ3v) is 23.7. The number of nitrogens with one attached hydrogen (secondary N) is 12. The van der Waals surface area contributed by atoms with E-state index in [1.54, 1.807) is 30.2 Å². The number of hydrogen-bond donors (Lipinski definition) is 12. The standard InChI is InChI=1S/C23H30N8O3.C23H29N7O.C23H33N7O.C22H29N7O/c1-2-34-23(32)31-9-7-17(8-10-31)26-21-19-20(25-15-24-19)28-22(29-21)27-16-3-5-18(6-4-16)30-11-13-33-14-12-30;1-2-4-17(5-3-1)10-11-24-21-20-22(26-16-25-20)29-23(28-21)27-18-6-8-19(9-7-18)30-12-14-31-15-13-30;1-16(2)5-4-6-17(3)26-22-20-21(25-15-24-20)28-23(29-22)27-18-7-9-19(10-8-18)30-11-13-31-14-12-30;1-2-4-16(5-3-1)14-23-20-19-21(25-15-24-19)28-22(27-20)26-17-6-8-18(9-7-17)29-10-12-30-13-11-29/h3-6,15,17H,2,7-14H2,1H3,(H3,24,25,26,27,28,29);2,4,6-9,16-17H,1,3,5,10-15H2,(H3,24,25,26,27,28,29);7-10,15-17H,4-6,11-14H2,1-3H3,(H3,24,25,26,27,28,29);6-9,15-16H,1-5,10-14H2,(H3,23,24,25,26,27,28). The Morgan fingerprint density at radius 1 is 0.444 bits per heavy atom. The zero-order valence-electron chi connectivity index (χ0n) is 72.9. The summed E-state index contributed by atoms with van der Waals surface area (Å²) in [6.45, 7) is 25.6. The van der Waals surface area contributed by atoms with Crippen LogP contribution in [0.4, 0.5) is 97.4 Å². The highest BCUT2D eigenvalue weighted by Gasteiger charge is 2.27. The number of piperidine rings is 1. The molecule has 2 unspecified atom stereocenters. The highest BCUT2D eigenvalue weighted by molar-refractivity contribution is 5.87. The fourth-order valence-corrected chi connectivity index (χ4v) is 16.7. The van der Waals surface area contributed by atoms with Gasteiger partial charge in [-0.3, -0.25) is 0 Å². The molecule has 666 valence electrons. The fourth-order valence-electron chi connectivity index (χ4n) is 16.7. The van der Waals surface area contributed by atoms with Crippen LogP contribution in [0.1, 0.15) is 118 Å². The van der Waals surface area contributed by atoms with Gasteiger partial charge in [-0.25, -0.2) is 24.7 Å². The van der Waals surface area contributed by atoms with Crippen molar-refractivity contribution in [1.82, 2.24) is 84.6 Å². The van der Waals surface area contributed by atoms with Gasteiger partial charge >= 0.3 is 6.09 Å². The largest absolute Gasteiger partial charge is 0.450 e. The van der Waals surface area contributed by atoms with Crippen molar-refractivity contribution < 1.29 is 28.5 Å². The molecule has 0 spiro atoms. The summed E-state index contributed by atoms with van der Waals surface area (Å²) < 4.78 is 26.9. The van der Waals surface area contributed by atoms with Crippen LogP contribution >= 0.6 is 0 Å². The van der Waals surface area contributed by atoms with E-state index in [2.05, 4.69) is 240 Å². The average molecular weight is 1720 g/mol. The van der Waals surface area contributed by atoms with Crippen LogP contribution in [-0.4, -0.2) is 241 Å². The molecule has 6 fully saturated rings. The number of carbonyl (C=O) groups excluding carboxylic acids is 1. The lowest BCUT2D eigenvalue weighted by molar-refractivity contribution is 0.0983. The molecule has 19 rings (SSSR count). The molecule has 4 aromatic carbocycles. The molecule has 2 atom stereocenters. The molecule has 1 saturated carbocycles. The summed E-state index contributed by atoms with van der Waals surface area (Å²) in [5.41, 5.74) is 14.4. The quantitative estimate of drug-likeness (QED) is 0.0203. The van der Waals surface area contributed by atoms with Crippen LogP contribution in [0.2, 0.25) is 0 Å². The lowest BCUT2D eigenvalue weighted by Gasteiger charge is -2.31. The smallest absolute Gasteiger partial charge is 0.409 e. The number of fused-ring (bicyclic) bond motifs is 4. The van der Waals surface area contributed by atoms with Crippen molar-refractivity contribution in [3.8, 4) is 0 Å². The number of H-pyrrole nitrogens is 4. The molecule has 12 N–H and O–H groups in total. The Morgan fingerprint density at radius 3 is 1.23 bits per heavy atom. The minimum absolute atomic E-state index is 0.188. The number of allylic oxidation sites excluding steroid dienone is 2. The van der Waals surface area contributed by atoms with Gasteiger partial charge in [0.05, 0.1) is 84.8 Å². The number of aromatic amines is 4. The zero-order chi connectivity index (χ0) is 86.0. The van der Waals surface area contributed by atoms with E-state index in [0.29, 0.717) is 83.9 Å². The second kappa shape index (κ2) is 43.9.